The molecule has 0 saturated heterocycles. The molecule has 3 nitrogen and oxygen atoms in total. The number of nitrogens with one attached hydrogen (secondary N) is 1. The summed E-state index contributed by atoms with van der Waals surface area (Å²) in [4.78, 5) is 0. The minimum Gasteiger partial charge on any atom is -0.368 e. The highest BCUT2D eigenvalue weighted by Gasteiger charge is 2.11. The fourth-order valence-electron chi connectivity index (χ4n) is 1.30. The van der Waals surface area contributed by atoms with Crippen molar-refractivity contribution < 1.29 is 0 Å². The molecule has 0 spiro atoms. The molecule has 78 valence electrons. The predicted octanol–water partition coefficient (Wildman–Crippen LogP) is 3.29. The number of halogens is 1. The Morgan fingerprint density at radius 2 is 2.13 bits per heavy atom. The van der Waals surface area contributed by atoms with Crippen LogP contribution in [0.3, 0.4) is 0 Å². The van der Waals surface area contributed by atoms with Crippen molar-refractivity contribution in [1.82, 2.24) is 8.75 Å². The van der Waals surface area contributed by atoms with Gasteiger partial charge >= 0.3 is 0 Å². The van der Waals surface area contributed by atoms with Crippen LogP contribution < -0.4 is 5.32 Å². The molecule has 0 radical (unpaired) electrons. The first-order valence-electron chi connectivity index (χ1n) is 4.64. The van der Waals surface area contributed by atoms with Crippen molar-refractivity contribution in [1.29, 1.82) is 0 Å². The van der Waals surface area contributed by atoms with E-state index in [-0.39, 0.29) is 0 Å². The summed E-state index contributed by atoms with van der Waals surface area (Å²) in [5, 5.41) is 3.86. The maximum Gasteiger partial charge on any atom is 0.168 e. The van der Waals surface area contributed by atoms with Crippen LogP contribution >= 0.6 is 23.3 Å². The molecule has 0 aliphatic carbocycles. The maximum atomic E-state index is 6.10. The zero-order valence-electron chi connectivity index (χ0n) is 8.20. The number of anilines is 1. The quantitative estimate of drug-likeness (QED) is 0.893. The molecule has 1 N–H and O–H groups in total. The van der Waals surface area contributed by atoms with Crippen molar-refractivity contribution in [3.05, 3.63) is 29.3 Å². The van der Waals surface area contributed by atoms with E-state index in [4.69, 9.17) is 11.6 Å². The Hall–Kier alpha value is -1.13. The summed E-state index contributed by atoms with van der Waals surface area (Å²) in [5.74, 6) is 0.801. The lowest BCUT2D eigenvalue weighted by Gasteiger charge is -2.03. The van der Waals surface area contributed by atoms with Gasteiger partial charge in [0.1, 0.15) is 5.69 Å². The number of hydrogen-bond acceptors (Lipinski definition) is 4. The molecule has 15 heavy (non-hydrogen) atoms. The second kappa shape index (κ2) is 4.59. The van der Waals surface area contributed by atoms with E-state index in [1.165, 1.54) is 11.7 Å². The topological polar surface area (TPSA) is 37.8 Å². The molecule has 2 rings (SSSR count). The summed E-state index contributed by atoms with van der Waals surface area (Å²) in [5.41, 5.74) is 1.75. The first-order chi connectivity index (χ1) is 7.33. The summed E-state index contributed by atoms with van der Waals surface area (Å²) in [6.07, 6.45) is 0. The van der Waals surface area contributed by atoms with E-state index in [0.717, 1.165) is 23.6 Å². The third-order valence-electron chi connectivity index (χ3n) is 1.96. The SMILES string of the molecule is CCNc1nsnc1-c1ccccc1Cl. The first-order valence-corrected chi connectivity index (χ1v) is 5.75. The van der Waals surface area contributed by atoms with Crippen LogP contribution in [0.5, 0.6) is 0 Å². The minimum atomic E-state index is 0.698. The fraction of sp³-hybridized carbons (Fsp3) is 0.200. The van der Waals surface area contributed by atoms with Crippen molar-refractivity contribution >= 4 is 29.1 Å². The standard InChI is InChI=1S/C10H10ClN3S/c1-2-12-10-9(13-15-14-10)7-5-3-4-6-8(7)11/h3-6H,2H2,1H3,(H,12,14). The number of benzene rings is 1. The van der Waals surface area contributed by atoms with Crippen LogP contribution in [-0.2, 0) is 0 Å². The fourth-order valence-corrected chi connectivity index (χ4v) is 2.07. The molecule has 1 aromatic carbocycles. The zero-order chi connectivity index (χ0) is 10.7. The zero-order valence-corrected chi connectivity index (χ0v) is 9.77. The average molecular weight is 240 g/mol. The van der Waals surface area contributed by atoms with Gasteiger partial charge in [0, 0.05) is 12.1 Å². The van der Waals surface area contributed by atoms with Gasteiger partial charge in [0.25, 0.3) is 0 Å². The van der Waals surface area contributed by atoms with Gasteiger partial charge in [0.05, 0.1) is 16.8 Å². The number of rotatable bonds is 3. The molecular formula is C10H10ClN3S. The molecule has 0 aliphatic heterocycles. The molecule has 0 atom stereocenters. The third-order valence-corrected chi connectivity index (χ3v) is 2.82. The van der Waals surface area contributed by atoms with Crippen LogP contribution in [0, 0.1) is 0 Å². The summed E-state index contributed by atoms with van der Waals surface area (Å²) >= 11 is 7.29. The molecule has 0 aliphatic rings. The van der Waals surface area contributed by atoms with Crippen molar-refractivity contribution in [2.45, 2.75) is 6.92 Å². The average Bonchev–Trinajstić information content (AvgIpc) is 2.67. The molecule has 0 bridgehead atoms. The lowest BCUT2D eigenvalue weighted by molar-refractivity contribution is 1.19. The molecule has 2 aromatic rings. The van der Waals surface area contributed by atoms with Crippen molar-refractivity contribution in [3.63, 3.8) is 0 Å². The Bertz CT molecular complexity index is 455. The van der Waals surface area contributed by atoms with Crippen molar-refractivity contribution in [3.8, 4) is 11.3 Å². The van der Waals surface area contributed by atoms with Crippen LogP contribution in [0.15, 0.2) is 24.3 Å². The third kappa shape index (κ3) is 2.11. The van der Waals surface area contributed by atoms with Crippen LogP contribution in [0.2, 0.25) is 5.02 Å². The van der Waals surface area contributed by atoms with Crippen LogP contribution in [0.25, 0.3) is 11.3 Å². The van der Waals surface area contributed by atoms with E-state index >= 15 is 0 Å². The number of aromatic nitrogens is 2. The summed E-state index contributed by atoms with van der Waals surface area (Å²) < 4.78 is 8.43. The molecular weight excluding hydrogens is 230 g/mol. The number of hydrogen-bond donors (Lipinski definition) is 1. The highest BCUT2D eigenvalue weighted by Crippen LogP contribution is 2.31. The second-order valence-corrected chi connectivity index (χ2v) is 3.91. The van der Waals surface area contributed by atoms with Crippen LogP contribution in [-0.4, -0.2) is 15.3 Å². The molecule has 1 aromatic heterocycles. The predicted molar refractivity (Wildman–Crippen MR) is 64.5 cm³/mol. The molecule has 0 saturated carbocycles. The molecule has 1 heterocycles. The molecule has 5 heteroatoms. The second-order valence-electron chi connectivity index (χ2n) is 2.97. The lowest BCUT2D eigenvalue weighted by Crippen LogP contribution is -1.98. The minimum absolute atomic E-state index is 0.698. The first kappa shape index (κ1) is 10.4. The Morgan fingerprint density at radius 3 is 2.87 bits per heavy atom. The van der Waals surface area contributed by atoms with E-state index in [1.807, 2.05) is 31.2 Å². The van der Waals surface area contributed by atoms with Gasteiger partial charge in [-0.25, -0.2) is 0 Å². The summed E-state index contributed by atoms with van der Waals surface area (Å²) in [6, 6.07) is 7.64. The largest absolute Gasteiger partial charge is 0.368 e. The van der Waals surface area contributed by atoms with Gasteiger partial charge in [0.2, 0.25) is 0 Å². The maximum absolute atomic E-state index is 6.10. The Labute approximate surface area is 97.4 Å². The van der Waals surface area contributed by atoms with Gasteiger partial charge in [-0.15, -0.1) is 0 Å². The van der Waals surface area contributed by atoms with Gasteiger partial charge in [-0.05, 0) is 13.0 Å². The molecule has 0 unspecified atom stereocenters. The summed E-state index contributed by atoms with van der Waals surface area (Å²) in [6.45, 7) is 2.85. The normalized spacial score (nSPS) is 10.3. The van der Waals surface area contributed by atoms with Gasteiger partial charge in [-0.1, -0.05) is 29.8 Å². The Morgan fingerprint density at radius 1 is 1.33 bits per heavy atom. The van der Waals surface area contributed by atoms with E-state index in [1.54, 1.807) is 0 Å². The number of nitrogens with zero attached hydrogens (tertiary/aromatic N) is 2. The van der Waals surface area contributed by atoms with Gasteiger partial charge in [-0.3, -0.25) is 0 Å². The molecule has 0 fully saturated rings. The highest BCUT2D eigenvalue weighted by atomic mass is 35.5. The van der Waals surface area contributed by atoms with E-state index in [0.29, 0.717) is 5.02 Å². The Balaban J connectivity index is 2.45. The van der Waals surface area contributed by atoms with Crippen LogP contribution in [0.1, 0.15) is 6.92 Å². The highest BCUT2D eigenvalue weighted by molar-refractivity contribution is 6.99. The smallest absolute Gasteiger partial charge is 0.168 e. The van der Waals surface area contributed by atoms with Crippen molar-refractivity contribution in [2.75, 3.05) is 11.9 Å². The Kier molecular flexibility index (Phi) is 3.18. The van der Waals surface area contributed by atoms with E-state index in [9.17, 15) is 0 Å². The monoisotopic (exact) mass is 239 g/mol. The lowest BCUT2D eigenvalue weighted by atomic mass is 10.1. The van der Waals surface area contributed by atoms with Gasteiger partial charge in [0.15, 0.2) is 5.82 Å². The van der Waals surface area contributed by atoms with Crippen molar-refractivity contribution in [2.24, 2.45) is 0 Å². The summed E-state index contributed by atoms with van der Waals surface area (Å²) in [7, 11) is 0. The van der Waals surface area contributed by atoms with E-state index in [2.05, 4.69) is 14.1 Å². The van der Waals surface area contributed by atoms with Crippen LogP contribution in [0.4, 0.5) is 5.82 Å². The van der Waals surface area contributed by atoms with Gasteiger partial charge in [-0.2, -0.15) is 8.75 Å². The van der Waals surface area contributed by atoms with E-state index < -0.39 is 0 Å². The molecule has 0 amide bonds. The van der Waals surface area contributed by atoms with Gasteiger partial charge < -0.3 is 5.32 Å².